The number of carbonyl (C=O) groups is 2. The third-order valence-electron chi connectivity index (χ3n) is 5.18. The van der Waals surface area contributed by atoms with Gasteiger partial charge in [-0.15, -0.1) is 0 Å². The Labute approximate surface area is 171 Å². The molecule has 1 aromatic heterocycles. The van der Waals surface area contributed by atoms with Crippen LogP contribution in [0.1, 0.15) is 47.6 Å². The van der Waals surface area contributed by atoms with Crippen molar-refractivity contribution in [3.63, 3.8) is 0 Å². The number of piperidine rings is 1. The van der Waals surface area contributed by atoms with Crippen LogP contribution in [0, 0.1) is 25.7 Å². The lowest BCUT2D eigenvalue weighted by atomic mass is 9.92. The number of hydrogen-bond donors (Lipinski definition) is 0. The number of nitrogens with zero attached hydrogens (tertiary/aromatic N) is 2. The average molecular weight is 400 g/mol. The van der Waals surface area contributed by atoms with Crippen molar-refractivity contribution < 1.29 is 23.6 Å². The van der Waals surface area contributed by atoms with Gasteiger partial charge in [0.1, 0.15) is 18.1 Å². The van der Waals surface area contributed by atoms with Gasteiger partial charge in [0.2, 0.25) is 0 Å². The highest BCUT2D eigenvalue weighted by Gasteiger charge is 2.26. The van der Waals surface area contributed by atoms with Gasteiger partial charge in [-0.05, 0) is 50.3 Å². The normalized spacial score (nSPS) is 19.1. The highest BCUT2D eigenvalue weighted by Crippen LogP contribution is 2.21. The number of rotatable bonds is 6. The second-order valence-corrected chi connectivity index (χ2v) is 7.94. The molecule has 3 rings (SSSR count). The Bertz CT molecular complexity index is 846. The summed E-state index contributed by atoms with van der Waals surface area (Å²) in [7, 11) is 0. The first-order valence-electron chi connectivity index (χ1n) is 9.93. The molecule has 7 heteroatoms. The summed E-state index contributed by atoms with van der Waals surface area (Å²) in [5, 5.41) is 3.90. The molecule has 0 unspecified atom stereocenters. The number of hydrogen-bond acceptors (Lipinski definition) is 6. The Balaban J connectivity index is 1.54. The summed E-state index contributed by atoms with van der Waals surface area (Å²) in [4.78, 5) is 26.6. The predicted molar refractivity (Wildman–Crippen MR) is 107 cm³/mol. The summed E-state index contributed by atoms with van der Waals surface area (Å²) in [5.74, 6) is 1.47. The van der Waals surface area contributed by atoms with Gasteiger partial charge in [0.05, 0.1) is 16.8 Å². The molecule has 1 amide bonds. The Morgan fingerprint density at radius 2 is 1.93 bits per heavy atom. The molecule has 1 saturated heterocycles. The Hall–Kier alpha value is -2.83. The van der Waals surface area contributed by atoms with E-state index in [0.29, 0.717) is 48.6 Å². The molecule has 29 heavy (non-hydrogen) atoms. The first kappa shape index (κ1) is 20.9. The minimum absolute atomic E-state index is 0.150. The third kappa shape index (κ3) is 5.37. The van der Waals surface area contributed by atoms with Crippen LogP contribution in [0.4, 0.5) is 0 Å². The average Bonchev–Trinajstić information content (AvgIpc) is 3.01. The SMILES string of the molecule is Cc1noc(C)c1COc1cccc(C(=O)OCC(=O)N2C[C@H](C)C[C@H](C)C2)c1. The minimum atomic E-state index is -0.542. The molecule has 0 N–H and O–H groups in total. The number of ether oxygens (including phenoxy) is 2. The number of esters is 1. The summed E-state index contributed by atoms with van der Waals surface area (Å²) >= 11 is 0. The van der Waals surface area contributed by atoms with E-state index in [2.05, 4.69) is 19.0 Å². The number of amides is 1. The van der Waals surface area contributed by atoms with Crippen molar-refractivity contribution in [3.05, 3.63) is 46.8 Å². The lowest BCUT2D eigenvalue weighted by Crippen LogP contribution is -2.44. The standard InChI is InChI=1S/C22H28N2O5/c1-14-8-15(2)11-24(10-14)21(25)13-28-22(26)18-6-5-7-19(9-18)27-12-20-16(3)23-29-17(20)4/h5-7,9,14-15H,8,10-13H2,1-4H3/t14-,15+. The van der Waals surface area contributed by atoms with Crippen LogP contribution in [0.5, 0.6) is 5.75 Å². The zero-order valence-electron chi connectivity index (χ0n) is 17.4. The molecule has 2 heterocycles. The first-order valence-corrected chi connectivity index (χ1v) is 9.93. The van der Waals surface area contributed by atoms with Crippen LogP contribution in [0.15, 0.2) is 28.8 Å². The van der Waals surface area contributed by atoms with Crippen LogP contribution in [0.25, 0.3) is 0 Å². The zero-order chi connectivity index (χ0) is 21.0. The predicted octanol–water partition coefficient (Wildman–Crippen LogP) is 3.53. The van der Waals surface area contributed by atoms with Gasteiger partial charge < -0.3 is 18.9 Å². The molecular weight excluding hydrogens is 372 g/mol. The molecule has 0 saturated carbocycles. The number of carbonyl (C=O) groups excluding carboxylic acids is 2. The van der Waals surface area contributed by atoms with Gasteiger partial charge in [0, 0.05) is 13.1 Å². The molecule has 1 aliphatic heterocycles. The highest BCUT2D eigenvalue weighted by molar-refractivity contribution is 5.91. The van der Waals surface area contributed by atoms with Crippen molar-refractivity contribution in [1.82, 2.24) is 10.1 Å². The first-order chi connectivity index (χ1) is 13.8. The van der Waals surface area contributed by atoms with Gasteiger partial charge in [-0.1, -0.05) is 25.1 Å². The third-order valence-corrected chi connectivity index (χ3v) is 5.18. The van der Waals surface area contributed by atoms with Crippen LogP contribution in [0.3, 0.4) is 0 Å². The second-order valence-electron chi connectivity index (χ2n) is 7.94. The molecule has 1 aliphatic rings. The van der Waals surface area contributed by atoms with Gasteiger partial charge in [0.25, 0.3) is 5.91 Å². The van der Waals surface area contributed by atoms with Gasteiger partial charge in [-0.2, -0.15) is 0 Å². The number of aryl methyl sites for hydroxylation is 2. The largest absolute Gasteiger partial charge is 0.489 e. The van der Waals surface area contributed by atoms with E-state index in [1.54, 1.807) is 29.2 Å². The van der Waals surface area contributed by atoms with Crippen LogP contribution >= 0.6 is 0 Å². The second kappa shape index (κ2) is 9.11. The molecular formula is C22H28N2O5. The lowest BCUT2D eigenvalue weighted by molar-refractivity contribution is -0.137. The molecule has 1 aromatic carbocycles. The van der Waals surface area contributed by atoms with E-state index in [4.69, 9.17) is 14.0 Å². The molecule has 156 valence electrons. The van der Waals surface area contributed by atoms with Crippen molar-refractivity contribution in [2.45, 2.75) is 40.7 Å². The van der Waals surface area contributed by atoms with Crippen LogP contribution < -0.4 is 4.74 Å². The topological polar surface area (TPSA) is 81.9 Å². The molecule has 1 fully saturated rings. The van der Waals surface area contributed by atoms with Crippen molar-refractivity contribution in [2.24, 2.45) is 11.8 Å². The minimum Gasteiger partial charge on any atom is -0.489 e. The number of likely N-dealkylation sites (tertiary alicyclic amines) is 1. The van der Waals surface area contributed by atoms with Crippen LogP contribution in [-0.2, 0) is 16.1 Å². The van der Waals surface area contributed by atoms with Crippen molar-refractivity contribution in [2.75, 3.05) is 19.7 Å². The van der Waals surface area contributed by atoms with E-state index >= 15 is 0 Å². The Morgan fingerprint density at radius 3 is 2.59 bits per heavy atom. The van der Waals surface area contributed by atoms with Crippen LogP contribution in [0.2, 0.25) is 0 Å². The molecule has 0 radical (unpaired) electrons. The maximum atomic E-state index is 12.4. The highest BCUT2D eigenvalue weighted by atomic mass is 16.5. The maximum Gasteiger partial charge on any atom is 0.338 e. The van der Waals surface area contributed by atoms with Gasteiger partial charge in [0.15, 0.2) is 6.61 Å². The fraction of sp³-hybridized carbons (Fsp3) is 0.500. The number of aromatic nitrogens is 1. The summed E-state index contributed by atoms with van der Waals surface area (Å²) in [5.41, 5.74) is 2.00. The maximum absolute atomic E-state index is 12.4. The fourth-order valence-corrected chi connectivity index (χ4v) is 3.74. The monoisotopic (exact) mass is 400 g/mol. The molecule has 2 atom stereocenters. The van der Waals surface area contributed by atoms with Gasteiger partial charge in [-0.3, -0.25) is 4.79 Å². The van der Waals surface area contributed by atoms with Crippen molar-refractivity contribution in [1.29, 1.82) is 0 Å². The molecule has 0 bridgehead atoms. The summed E-state index contributed by atoms with van der Waals surface area (Å²) in [6, 6.07) is 6.72. The summed E-state index contributed by atoms with van der Waals surface area (Å²) in [6.07, 6.45) is 1.12. The molecule has 7 nitrogen and oxygen atoms in total. The number of benzene rings is 1. The quantitative estimate of drug-likeness (QED) is 0.690. The molecule has 2 aromatic rings. The van der Waals surface area contributed by atoms with E-state index in [-0.39, 0.29) is 12.5 Å². The summed E-state index contributed by atoms with van der Waals surface area (Å²) in [6.45, 7) is 9.42. The van der Waals surface area contributed by atoms with Crippen molar-refractivity contribution in [3.8, 4) is 5.75 Å². The molecule has 0 aliphatic carbocycles. The van der Waals surface area contributed by atoms with Crippen LogP contribution in [-0.4, -0.2) is 41.6 Å². The van der Waals surface area contributed by atoms with E-state index in [9.17, 15) is 9.59 Å². The zero-order valence-corrected chi connectivity index (χ0v) is 17.4. The summed E-state index contributed by atoms with van der Waals surface area (Å²) < 4.78 is 16.1. The smallest absolute Gasteiger partial charge is 0.338 e. The van der Waals surface area contributed by atoms with E-state index < -0.39 is 5.97 Å². The fourth-order valence-electron chi connectivity index (χ4n) is 3.74. The molecule has 0 spiro atoms. The van der Waals surface area contributed by atoms with E-state index in [0.717, 1.165) is 17.7 Å². The van der Waals surface area contributed by atoms with E-state index in [1.165, 1.54) is 0 Å². The van der Waals surface area contributed by atoms with Crippen molar-refractivity contribution >= 4 is 11.9 Å². The van der Waals surface area contributed by atoms with Gasteiger partial charge >= 0.3 is 5.97 Å². The Morgan fingerprint density at radius 1 is 1.21 bits per heavy atom. The van der Waals surface area contributed by atoms with Gasteiger partial charge in [-0.25, -0.2) is 4.79 Å². The Kier molecular flexibility index (Phi) is 6.56. The lowest BCUT2D eigenvalue weighted by Gasteiger charge is -2.34. The van der Waals surface area contributed by atoms with E-state index in [1.807, 2.05) is 13.8 Å².